The maximum atomic E-state index is 6.16. The fraction of sp³-hybridized carbons (Fsp3) is 0.632. The molecule has 1 aromatic rings. The maximum Gasteiger partial charge on any atom is 0.0721 e. The molecule has 1 aliphatic rings. The molecule has 0 spiro atoms. The van der Waals surface area contributed by atoms with Crippen molar-refractivity contribution in [3.8, 4) is 0 Å². The Morgan fingerprint density at radius 2 is 2.00 bits per heavy atom. The molecule has 2 nitrogen and oxygen atoms in total. The lowest BCUT2D eigenvalue weighted by molar-refractivity contribution is 0.00448. The van der Waals surface area contributed by atoms with E-state index in [0.717, 1.165) is 12.8 Å². The fourth-order valence-electron chi connectivity index (χ4n) is 3.42. The summed E-state index contributed by atoms with van der Waals surface area (Å²) < 4.78 is 6.16. The highest BCUT2D eigenvalue weighted by atomic mass is 16.5. The summed E-state index contributed by atoms with van der Waals surface area (Å²) in [4.78, 5) is 4.05. The van der Waals surface area contributed by atoms with Gasteiger partial charge in [-0.05, 0) is 62.1 Å². The predicted octanol–water partition coefficient (Wildman–Crippen LogP) is 5.15. The minimum atomic E-state index is 0.343. The second-order valence-corrected chi connectivity index (χ2v) is 7.08. The van der Waals surface area contributed by atoms with E-state index in [4.69, 9.17) is 4.74 Å². The molecule has 0 amide bonds. The zero-order valence-corrected chi connectivity index (χ0v) is 14.1. The van der Waals surface area contributed by atoms with Crippen LogP contribution in [0.4, 0.5) is 0 Å². The number of allylic oxidation sites excluding steroid dienone is 1. The average molecular weight is 287 g/mol. The number of rotatable bonds is 4. The highest BCUT2D eigenvalue weighted by Crippen LogP contribution is 2.48. The lowest BCUT2D eigenvalue weighted by Crippen LogP contribution is -2.35. The zero-order chi connectivity index (χ0) is 15.5. The van der Waals surface area contributed by atoms with Gasteiger partial charge in [-0.25, -0.2) is 0 Å². The van der Waals surface area contributed by atoms with Crippen molar-refractivity contribution in [2.75, 3.05) is 0 Å². The number of hydrogen-bond acceptors (Lipinski definition) is 2. The number of nitrogens with zero attached hydrogens (tertiary/aromatic N) is 1. The molecular formula is C19H29NO. The highest BCUT2D eigenvalue weighted by molar-refractivity contribution is 5.23. The van der Waals surface area contributed by atoms with Crippen molar-refractivity contribution in [2.24, 2.45) is 11.3 Å². The van der Waals surface area contributed by atoms with Gasteiger partial charge in [-0.3, -0.25) is 4.98 Å². The van der Waals surface area contributed by atoms with Crippen LogP contribution < -0.4 is 0 Å². The number of ether oxygens (including phenoxy) is 1. The average Bonchev–Trinajstić information content (AvgIpc) is 2.47. The molecule has 0 aromatic carbocycles. The van der Waals surface area contributed by atoms with E-state index in [2.05, 4.69) is 39.6 Å². The van der Waals surface area contributed by atoms with E-state index in [1.807, 2.05) is 24.5 Å². The van der Waals surface area contributed by atoms with Crippen molar-refractivity contribution in [2.45, 2.75) is 66.6 Å². The topological polar surface area (TPSA) is 22.1 Å². The van der Waals surface area contributed by atoms with Crippen molar-refractivity contribution in [1.82, 2.24) is 4.98 Å². The minimum absolute atomic E-state index is 0.343. The molecule has 0 saturated heterocycles. The summed E-state index contributed by atoms with van der Waals surface area (Å²) >= 11 is 0. The molecule has 1 fully saturated rings. The van der Waals surface area contributed by atoms with Gasteiger partial charge in [0.1, 0.15) is 0 Å². The summed E-state index contributed by atoms with van der Waals surface area (Å²) in [5.41, 5.74) is 4.64. The Bertz CT molecular complexity index is 488. The van der Waals surface area contributed by atoms with Crippen LogP contribution in [0.1, 0.15) is 59.4 Å². The first kappa shape index (κ1) is 16.2. The molecule has 0 N–H and O–H groups in total. The normalized spacial score (nSPS) is 26.2. The van der Waals surface area contributed by atoms with E-state index in [0.29, 0.717) is 24.0 Å². The molecule has 0 radical (unpaired) electrons. The molecule has 0 unspecified atom stereocenters. The van der Waals surface area contributed by atoms with E-state index >= 15 is 0 Å². The second-order valence-electron chi connectivity index (χ2n) is 7.08. The Morgan fingerprint density at radius 1 is 1.33 bits per heavy atom. The van der Waals surface area contributed by atoms with Gasteiger partial charge in [0.2, 0.25) is 0 Å². The smallest absolute Gasteiger partial charge is 0.0721 e. The van der Waals surface area contributed by atoms with Gasteiger partial charge in [0.25, 0.3) is 0 Å². The molecule has 2 heteroatoms. The van der Waals surface area contributed by atoms with Crippen LogP contribution in [-0.4, -0.2) is 11.1 Å². The molecule has 1 aliphatic carbocycles. The highest BCUT2D eigenvalue weighted by Gasteiger charge is 2.38. The third-order valence-corrected chi connectivity index (χ3v) is 5.22. The first-order valence-electron chi connectivity index (χ1n) is 8.11. The Kier molecular flexibility index (Phi) is 5.21. The van der Waals surface area contributed by atoms with Crippen LogP contribution in [0.15, 0.2) is 35.7 Å². The van der Waals surface area contributed by atoms with E-state index < -0.39 is 0 Å². The molecule has 1 heterocycles. The molecule has 0 bridgehead atoms. The maximum absolute atomic E-state index is 6.16. The third-order valence-electron chi connectivity index (χ3n) is 5.22. The summed E-state index contributed by atoms with van der Waals surface area (Å²) in [5.74, 6) is 0.684. The number of hydrogen-bond donors (Lipinski definition) is 0. The van der Waals surface area contributed by atoms with Crippen molar-refractivity contribution in [3.05, 3.63) is 41.2 Å². The zero-order valence-electron chi connectivity index (χ0n) is 14.1. The van der Waals surface area contributed by atoms with E-state index in [9.17, 15) is 0 Å². The Balaban J connectivity index is 2.02. The van der Waals surface area contributed by atoms with Crippen molar-refractivity contribution in [3.63, 3.8) is 0 Å². The number of pyridine rings is 1. The third kappa shape index (κ3) is 3.74. The lowest BCUT2D eigenvalue weighted by atomic mass is 9.63. The van der Waals surface area contributed by atoms with Gasteiger partial charge in [-0.15, -0.1) is 0 Å². The molecule has 2 atom stereocenters. The first-order valence-corrected chi connectivity index (χ1v) is 8.11. The van der Waals surface area contributed by atoms with Gasteiger partial charge in [0.15, 0.2) is 0 Å². The number of aromatic nitrogens is 1. The van der Waals surface area contributed by atoms with Gasteiger partial charge >= 0.3 is 0 Å². The molecule has 1 aromatic heterocycles. The van der Waals surface area contributed by atoms with Crippen LogP contribution in [0.25, 0.3) is 0 Å². The van der Waals surface area contributed by atoms with Crippen molar-refractivity contribution in [1.29, 1.82) is 0 Å². The quantitative estimate of drug-likeness (QED) is 0.714. The van der Waals surface area contributed by atoms with Crippen LogP contribution >= 0.6 is 0 Å². The van der Waals surface area contributed by atoms with Gasteiger partial charge in [-0.1, -0.05) is 31.9 Å². The molecule has 2 rings (SSSR count). The summed E-state index contributed by atoms with van der Waals surface area (Å²) in [7, 11) is 0. The summed E-state index contributed by atoms with van der Waals surface area (Å²) in [6.07, 6.45) is 7.49. The SMILES string of the molecule is CC(C)=C1C[C@@H](OCc2ccncc2)CC[C@]1(C)C(C)C. The van der Waals surface area contributed by atoms with Crippen LogP contribution in [0, 0.1) is 11.3 Å². The molecule has 116 valence electrons. The standard InChI is InChI=1S/C19H29NO/c1-14(2)18-12-17(6-9-19(18,5)15(3)4)21-13-16-7-10-20-11-8-16/h7-8,10-11,15,17H,6,9,12-13H2,1-5H3/t17-,19+/m0/s1. The van der Waals surface area contributed by atoms with Crippen LogP contribution in [0.3, 0.4) is 0 Å². The largest absolute Gasteiger partial charge is 0.373 e. The minimum Gasteiger partial charge on any atom is -0.373 e. The Morgan fingerprint density at radius 3 is 2.57 bits per heavy atom. The Labute approximate surface area is 129 Å². The lowest BCUT2D eigenvalue weighted by Gasteiger charge is -2.44. The van der Waals surface area contributed by atoms with E-state index in [1.165, 1.54) is 17.6 Å². The summed E-state index contributed by atoms with van der Waals surface area (Å²) in [5, 5.41) is 0. The fourth-order valence-corrected chi connectivity index (χ4v) is 3.42. The van der Waals surface area contributed by atoms with Crippen LogP contribution in [-0.2, 0) is 11.3 Å². The van der Waals surface area contributed by atoms with Gasteiger partial charge in [0.05, 0.1) is 12.7 Å². The molecule has 1 saturated carbocycles. The second kappa shape index (κ2) is 6.74. The van der Waals surface area contributed by atoms with E-state index in [1.54, 1.807) is 5.57 Å². The molecular weight excluding hydrogens is 258 g/mol. The monoisotopic (exact) mass is 287 g/mol. The summed E-state index contributed by atoms with van der Waals surface area (Å²) in [6, 6.07) is 4.06. The Hall–Kier alpha value is -1.15. The van der Waals surface area contributed by atoms with Crippen molar-refractivity contribution < 1.29 is 4.74 Å². The van der Waals surface area contributed by atoms with Crippen LogP contribution in [0.2, 0.25) is 0 Å². The van der Waals surface area contributed by atoms with Gasteiger partial charge < -0.3 is 4.74 Å². The first-order chi connectivity index (χ1) is 9.93. The van der Waals surface area contributed by atoms with Gasteiger partial charge in [-0.2, -0.15) is 0 Å². The van der Waals surface area contributed by atoms with E-state index in [-0.39, 0.29) is 0 Å². The van der Waals surface area contributed by atoms with Crippen LogP contribution in [0.5, 0.6) is 0 Å². The van der Waals surface area contributed by atoms with Crippen molar-refractivity contribution >= 4 is 0 Å². The molecule has 21 heavy (non-hydrogen) atoms. The summed E-state index contributed by atoms with van der Waals surface area (Å²) in [6.45, 7) is 12.3. The predicted molar refractivity (Wildman–Crippen MR) is 88.0 cm³/mol. The molecule has 0 aliphatic heterocycles. The van der Waals surface area contributed by atoms with Gasteiger partial charge in [0, 0.05) is 12.4 Å².